The van der Waals surface area contributed by atoms with Crippen molar-refractivity contribution < 1.29 is 19.5 Å². The van der Waals surface area contributed by atoms with E-state index in [1.54, 1.807) is 4.90 Å². The molecule has 0 radical (unpaired) electrons. The molecule has 2 aliphatic heterocycles. The van der Waals surface area contributed by atoms with E-state index in [1.807, 2.05) is 0 Å². The molecule has 7 nitrogen and oxygen atoms in total. The molecular formula is C12H17N3O4. The lowest BCUT2D eigenvalue weighted by atomic mass is 9.98. The summed E-state index contributed by atoms with van der Waals surface area (Å²) in [5.41, 5.74) is 2.61. The van der Waals surface area contributed by atoms with Crippen molar-refractivity contribution in [3.63, 3.8) is 0 Å². The maximum absolute atomic E-state index is 12.3. The van der Waals surface area contributed by atoms with Crippen LogP contribution in [-0.4, -0.2) is 46.1 Å². The number of likely N-dealkylation sites (tertiary alicyclic amines) is 1. The van der Waals surface area contributed by atoms with Gasteiger partial charge in [-0.2, -0.15) is 5.10 Å². The van der Waals surface area contributed by atoms with Crippen molar-refractivity contribution in [2.45, 2.75) is 44.6 Å². The maximum Gasteiger partial charge on any atom is 0.305 e. The summed E-state index contributed by atoms with van der Waals surface area (Å²) >= 11 is 0. The van der Waals surface area contributed by atoms with Gasteiger partial charge in [0.15, 0.2) is 0 Å². The summed E-state index contributed by atoms with van der Waals surface area (Å²) in [6, 6.07) is -0.265. The quantitative estimate of drug-likeness (QED) is 0.758. The molecule has 0 saturated carbocycles. The number of piperidine rings is 1. The molecule has 0 aromatic heterocycles. The van der Waals surface area contributed by atoms with Crippen molar-refractivity contribution in [3.8, 4) is 0 Å². The zero-order chi connectivity index (χ0) is 13.8. The number of nitrogens with zero attached hydrogens (tertiary/aromatic N) is 2. The van der Waals surface area contributed by atoms with Crippen molar-refractivity contribution in [1.82, 2.24) is 10.3 Å². The molecule has 0 aromatic rings. The van der Waals surface area contributed by atoms with Crippen LogP contribution in [0.15, 0.2) is 5.10 Å². The molecule has 1 atom stereocenters. The smallest absolute Gasteiger partial charge is 0.305 e. The molecule has 2 amide bonds. The van der Waals surface area contributed by atoms with E-state index in [0.717, 1.165) is 12.8 Å². The van der Waals surface area contributed by atoms with Crippen molar-refractivity contribution >= 4 is 23.5 Å². The van der Waals surface area contributed by atoms with Gasteiger partial charge in [0.25, 0.3) is 5.91 Å². The highest BCUT2D eigenvalue weighted by Gasteiger charge is 2.31. The molecule has 1 saturated heterocycles. The van der Waals surface area contributed by atoms with Crippen molar-refractivity contribution in [1.29, 1.82) is 0 Å². The molecule has 2 heterocycles. The molecule has 2 N–H and O–H groups in total. The minimum absolute atomic E-state index is 0.0363. The van der Waals surface area contributed by atoms with Gasteiger partial charge in [0.1, 0.15) is 5.71 Å². The molecule has 7 heteroatoms. The summed E-state index contributed by atoms with van der Waals surface area (Å²) in [6.07, 6.45) is 3.05. The Morgan fingerprint density at radius 1 is 1.37 bits per heavy atom. The van der Waals surface area contributed by atoms with E-state index in [4.69, 9.17) is 5.11 Å². The summed E-state index contributed by atoms with van der Waals surface area (Å²) in [6.45, 7) is 0.559. The van der Waals surface area contributed by atoms with E-state index in [1.165, 1.54) is 0 Å². The number of rotatable bonds is 3. The third-order valence-electron chi connectivity index (χ3n) is 3.45. The first kappa shape index (κ1) is 13.5. The van der Waals surface area contributed by atoms with Gasteiger partial charge in [-0.15, -0.1) is 0 Å². The molecule has 19 heavy (non-hydrogen) atoms. The van der Waals surface area contributed by atoms with Gasteiger partial charge in [-0.25, -0.2) is 5.43 Å². The van der Waals surface area contributed by atoms with E-state index >= 15 is 0 Å². The summed E-state index contributed by atoms with van der Waals surface area (Å²) in [5, 5.41) is 12.7. The zero-order valence-electron chi connectivity index (χ0n) is 10.6. The number of carboxylic acids is 1. The molecule has 2 aliphatic rings. The van der Waals surface area contributed by atoms with Crippen molar-refractivity contribution in [3.05, 3.63) is 0 Å². The first-order chi connectivity index (χ1) is 9.08. The number of carbonyl (C=O) groups excluding carboxylic acids is 2. The van der Waals surface area contributed by atoms with E-state index in [9.17, 15) is 14.4 Å². The minimum Gasteiger partial charge on any atom is -0.481 e. The number of carboxylic acid groups (broad SMARTS) is 1. The number of hydrogen-bond acceptors (Lipinski definition) is 4. The standard InChI is InChI=1S/C12H17N3O4/c16-10-5-4-9(13-14-10)12(19)15-6-2-1-3-8(15)7-11(17)18/h8H,1-7H2,(H,14,16)(H,17,18). The molecular weight excluding hydrogens is 250 g/mol. The fourth-order valence-corrected chi connectivity index (χ4v) is 2.48. The van der Waals surface area contributed by atoms with E-state index in [-0.39, 0.29) is 30.7 Å². The van der Waals surface area contributed by atoms with Gasteiger partial charge in [-0.3, -0.25) is 14.4 Å². The highest BCUT2D eigenvalue weighted by molar-refractivity contribution is 6.39. The first-order valence-corrected chi connectivity index (χ1v) is 6.46. The number of amides is 2. The van der Waals surface area contributed by atoms with Gasteiger partial charge in [-0.05, 0) is 19.3 Å². The monoisotopic (exact) mass is 267 g/mol. The fourth-order valence-electron chi connectivity index (χ4n) is 2.48. The van der Waals surface area contributed by atoms with E-state index in [2.05, 4.69) is 10.5 Å². The van der Waals surface area contributed by atoms with Crippen LogP contribution in [0.5, 0.6) is 0 Å². The Bertz CT molecular complexity index is 433. The predicted molar refractivity (Wildman–Crippen MR) is 66.4 cm³/mol. The number of hydrogen-bond donors (Lipinski definition) is 2. The Labute approximate surface area is 110 Å². The normalized spacial score (nSPS) is 23.6. The van der Waals surface area contributed by atoms with E-state index < -0.39 is 5.97 Å². The third-order valence-corrected chi connectivity index (χ3v) is 3.45. The Hall–Kier alpha value is -1.92. The van der Waals surface area contributed by atoms with Gasteiger partial charge in [-0.1, -0.05) is 0 Å². The van der Waals surface area contributed by atoms with Crippen LogP contribution in [0, 0.1) is 0 Å². The number of hydrazone groups is 1. The van der Waals surface area contributed by atoms with Crippen LogP contribution in [-0.2, 0) is 14.4 Å². The lowest BCUT2D eigenvalue weighted by Crippen LogP contribution is -2.48. The van der Waals surface area contributed by atoms with Gasteiger partial charge in [0.2, 0.25) is 5.91 Å². The van der Waals surface area contributed by atoms with Crippen LogP contribution in [0.2, 0.25) is 0 Å². The van der Waals surface area contributed by atoms with Crippen molar-refractivity contribution in [2.75, 3.05) is 6.54 Å². The Balaban J connectivity index is 2.07. The topological polar surface area (TPSA) is 99.1 Å². The van der Waals surface area contributed by atoms with Gasteiger partial charge < -0.3 is 10.0 Å². The molecule has 2 rings (SSSR count). The second-order valence-electron chi connectivity index (χ2n) is 4.84. The number of carbonyl (C=O) groups is 3. The Morgan fingerprint density at radius 2 is 2.16 bits per heavy atom. The summed E-state index contributed by atoms with van der Waals surface area (Å²) in [5.74, 6) is -1.34. The highest BCUT2D eigenvalue weighted by atomic mass is 16.4. The molecule has 0 aromatic carbocycles. The molecule has 0 bridgehead atoms. The zero-order valence-corrected chi connectivity index (χ0v) is 10.6. The summed E-state index contributed by atoms with van der Waals surface area (Å²) in [4.78, 5) is 35.7. The van der Waals surface area contributed by atoms with Crippen molar-refractivity contribution in [2.24, 2.45) is 5.10 Å². The largest absolute Gasteiger partial charge is 0.481 e. The van der Waals surface area contributed by atoms with Crippen LogP contribution >= 0.6 is 0 Å². The lowest BCUT2D eigenvalue weighted by Gasteiger charge is -2.35. The van der Waals surface area contributed by atoms with Crippen LogP contribution in [0.3, 0.4) is 0 Å². The molecule has 1 unspecified atom stereocenters. The van der Waals surface area contributed by atoms with E-state index in [0.29, 0.717) is 25.1 Å². The van der Waals surface area contributed by atoms with Gasteiger partial charge in [0.05, 0.1) is 6.42 Å². The Morgan fingerprint density at radius 3 is 2.79 bits per heavy atom. The lowest BCUT2D eigenvalue weighted by molar-refractivity contribution is -0.140. The van der Waals surface area contributed by atoms with Crippen LogP contribution in [0.4, 0.5) is 0 Å². The molecule has 104 valence electrons. The Kier molecular flexibility index (Phi) is 4.13. The number of nitrogens with one attached hydrogen (secondary N) is 1. The predicted octanol–water partition coefficient (Wildman–Crippen LogP) is 0.108. The fraction of sp³-hybridized carbons (Fsp3) is 0.667. The molecule has 1 fully saturated rings. The number of aliphatic carboxylic acids is 1. The molecule has 0 aliphatic carbocycles. The first-order valence-electron chi connectivity index (χ1n) is 6.46. The van der Waals surface area contributed by atoms with Gasteiger partial charge >= 0.3 is 5.97 Å². The average molecular weight is 267 g/mol. The third kappa shape index (κ3) is 3.30. The van der Waals surface area contributed by atoms with Crippen LogP contribution in [0.25, 0.3) is 0 Å². The summed E-state index contributed by atoms with van der Waals surface area (Å²) < 4.78 is 0. The maximum atomic E-state index is 12.3. The van der Waals surface area contributed by atoms with Crippen LogP contribution < -0.4 is 5.43 Å². The second-order valence-corrected chi connectivity index (χ2v) is 4.84. The minimum atomic E-state index is -0.899. The summed E-state index contributed by atoms with van der Waals surface area (Å²) in [7, 11) is 0. The van der Waals surface area contributed by atoms with Crippen LogP contribution in [0.1, 0.15) is 38.5 Å². The SMILES string of the molecule is O=C(O)CC1CCCCN1C(=O)C1=NNC(=O)CC1. The highest BCUT2D eigenvalue weighted by Crippen LogP contribution is 2.21. The molecule has 0 spiro atoms. The average Bonchev–Trinajstić information content (AvgIpc) is 2.39. The van der Waals surface area contributed by atoms with Gasteiger partial charge in [0, 0.05) is 25.4 Å². The second kappa shape index (κ2) is 5.81.